The van der Waals surface area contributed by atoms with Gasteiger partial charge in [0.2, 0.25) is 5.95 Å². The van der Waals surface area contributed by atoms with Gasteiger partial charge in [-0.3, -0.25) is 0 Å². The molecule has 94 valence electrons. The topological polar surface area (TPSA) is 64.7 Å². The van der Waals surface area contributed by atoms with E-state index in [2.05, 4.69) is 15.0 Å². The lowest BCUT2D eigenvalue weighted by molar-refractivity contribution is 0.573. The van der Waals surface area contributed by atoms with Gasteiger partial charge in [0.1, 0.15) is 23.3 Å². The minimum Gasteiger partial charge on any atom is -0.368 e. The van der Waals surface area contributed by atoms with Crippen LogP contribution < -0.4 is 5.73 Å². The number of halogens is 2. The minimum atomic E-state index is -0.618. The van der Waals surface area contributed by atoms with Gasteiger partial charge in [-0.2, -0.15) is 9.97 Å². The van der Waals surface area contributed by atoms with Crippen molar-refractivity contribution in [2.75, 3.05) is 5.73 Å². The monoisotopic (exact) mass is 250 g/mol. The quantitative estimate of drug-likeness (QED) is 0.903. The van der Waals surface area contributed by atoms with E-state index in [0.717, 1.165) is 6.07 Å². The summed E-state index contributed by atoms with van der Waals surface area (Å²) < 4.78 is 26.2. The lowest BCUT2D eigenvalue weighted by atomic mass is 10.1. The van der Waals surface area contributed by atoms with Crippen LogP contribution in [0.25, 0.3) is 0 Å². The summed E-state index contributed by atoms with van der Waals surface area (Å²) in [4.78, 5) is 12.0. The van der Waals surface area contributed by atoms with E-state index in [-0.39, 0.29) is 12.4 Å². The van der Waals surface area contributed by atoms with Crippen molar-refractivity contribution in [1.82, 2.24) is 15.0 Å². The lowest BCUT2D eigenvalue weighted by Crippen LogP contribution is -2.08. The molecule has 0 aliphatic carbocycles. The second-order valence-electron chi connectivity index (χ2n) is 3.79. The van der Waals surface area contributed by atoms with Crippen molar-refractivity contribution in [2.45, 2.75) is 19.8 Å². The van der Waals surface area contributed by atoms with Crippen LogP contribution in [-0.2, 0) is 12.8 Å². The van der Waals surface area contributed by atoms with Crippen LogP contribution in [0.4, 0.5) is 14.7 Å². The Balaban J connectivity index is 2.30. The maximum atomic E-state index is 13.5. The van der Waals surface area contributed by atoms with Gasteiger partial charge in [-0.1, -0.05) is 13.0 Å². The molecule has 0 bridgehead atoms. The van der Waals surface area contributed by atoms with Gasteiger partial charge in [0.25, 0.3) is 0 Å². The molecule has 0 saturated carbocycles. The number of nitrogens with two attached hydrogens (primary N) is 1. The Hall–Kier alpha value is -2.11. The maximum Gasteiger partial charge on any atom is 0.223 e. The fourth-order valence-corrected chi connectivity index (χ4v) is 1.56. The summed E-state index contributed by atoms with van der Waals surface area (Å²) in [6, 6.07) is 3.40. The molecule has 0 unspecified atom stereocenters. The highest BCUT2D eigenvalue weighted by atomic mass is 19.1. The third-order valence-electron chi connectivity index (χ3n) is 2.43. The van der Waals surface area contributed by atoms with Gasteiger partial charge in [0.15, 0.2) is 0 Å². The first kappa shape index (κ1) is 12.3. The molecule has 2 aromatic rings. The first-order valence-electron chi connectivity index (χ1n) is 5.51. The standard InChI is InChI=1S/C12H12F2N4/c1-2-10-16-11(18-12(15)17-10)5-7-3-4-8(13)6-9(7)14/h3-4,6H,2,5H2,1H3,(H2,15,16,17,18). The van der Waals surface area contributed by atoms with Crippen molar-refractivity contribution >= 4 is 5.95 Å². The summed E-state index contributed by atoms with van der Waals surface area (Å²) in [6.07, 6.45) is 0.775. The van der Waals surface area contributed by atoms with Crippen molar-refractivity contribution in [1.29, 1.82) is 0 Å². The van der Waals surface area contributed by atoms with Gasteiger partial charge in [-0.25, -0.2) is 13.8 Å². The fourth-order valence-electron chi connectivity index (χ4n) is 1.56. The highest BCUT2D eigenvalue weighted by Crippen LogP contribution is 2.13. The zero-order chi connectivity index (χ0) is 13.1. The molecule has 2 rings (SSSR count). The first-order valence-corrected chi connectivity index (χ1v) is 5.51. The molecule has 0 aliphatic rings. The predicted octanol–water partition coefficient (Wildman–Crippen LogP) is 1.89. The molecule has 0 fully saturated rings. The molecule has 0 saturated heterocycles. The molecule has 0 atom stereocenters. The van der Waals surface area contributed by atoms with Crippen molar-refractivity contribution < 1.29 is 8.78 Å². The second kappa shape index (κ2) is 5.03. The molecular formula is C12H12F2N4. The Kier molecular flexibility index (Phi) is 3.45. The van der Waals surface area contributed by atoms with Crippen LogP contribution in [0.3, 0.4) is 0 Å². The molecule has 0 aliphatic heterocycles. The number of aryl methyl sites for hydroxylation is 1. The van der Waals surface area contributed by atoms with E-state index >= 15 is 0 Å². The molecule has 1 aromatic heterocycles. The van der Waals surface area contributed by atoms with E-state index in [9.17, 15) is 8.78 Å². The summed E-state index contributed by atoms with van der Waals surface area (Å²) in [6.45, 7) is 1.89. The number of anilines is 1. The van der Waals surface area contributed by atoms with E-state index in [4.69, 9.17) is 5.73 Å². The third-order valence-corrected chi connectivity index (χ3v) is 2.43. The Morgan fingerprint density at radius 2 is 1.83 bits per heavy atom. The van der Waals surface area contributed by atoms with Crippen LogP contribution in [-0.4, -0.2) is 15.0 Å². The Morgan fingerprint density at radius 1 is 1.11 bits per heavy atom. The van der Waals surface area contributed by atoms with Gasteiger partial charge in [-0.15, -0.1) is 0 Å². The fraction of sp³-hybridized carbons (Fsp3) is 0.250. The van der Waals surface area contributed by atoms with Crippen molar-refractivity contribution in [2.24, 2.45) is 0 Å². The second-order valence-corrected chi connectivity index (χ2v) is 3.79. The van der Waals surface area contributed by atoms with E-state index < -0.39 is 11.6 Å². The molecule has 4 nitrogen and oxygen atoms in total. The number of hydrogen-bond donors (Lipinski definition) is 1. The van der Waals surface area contributed by atoms with Crippen LogP contribution in [0.5, 0.6) is 0 Å². The van der Waals surface area contributed by atoms with Crippen LogP contribution in [0.2, 0.25) is 0 Å². The largest absolute Gasteiger partial charge is 0.368 e. The lowest BCUT2D eigenvalue weighted by Gasteiger charge is -2.05. The smallest absolute Gasteiger partial charge is 0.223 e. The average molecular weight is 250 g/mol. The Labute approximate surface area is 103 Å². The zero-order valence-electron chi connectivity index (χ0n) is 9.82. The number of benzene rings is 1. The third kappa shape index (κ3) is 2.77. The van der Waals surface area contributed by atoms with E-state index in [1.165, 1.54) is 12.1 Å². The number of hydrogen-bond acceptors (Lipinski definition) is 4. The van der Waals surface area contributed by atoms with Gasteiger partial charge < -0.3 is 5.73 Å². The van der Waals surface area contributed by atoms with Crippen molar-refractivity contribution in [3.63, 3.8) is 0 Å². The van der Waals surface area contributed by atoms with E-state index in [1.54, 1.807) is 0 Å². The zero-order valence-corrected chi connectivity index (χ0v) is 9.82. The molecule has 6 heteroatoms. The highest BCUT2D eigenvalue weighted by Gasteiger charge is 2.08. The molecule has 2 N–H and O–H groups in total. The van der Waals surface area contributed by atoms with Gasteiger partial charge in [0.05, 0.1) is 0 Å². The van der Waals surface area contributed by atoms with Crippen molar-refractivity contribution in [3.8, 4) is 0 Å². The first-order chi connectivity index (χ1) is 8.58. The van der Waals surface area contributed by atoms with Crippen LogP contribution in [0.1, 0.15) is 24.1 Å². The number of nitrogens with zero attached hydrogens (tertiary/aromatic N) is 3. The number of rotatable bonds is 3. The molecule has 18 heavy (non-hydrogen) atoms. The van der Waals surface area contributed by atoms with Gasteiger partial charge in [0, 0.05) is 18.9 Å². The summed E-state index contributed by atoms with van der Waals surface area (Å²) in [5, 5.41) is 0. The van der Waals surface area contributed by atoms with Crippen LogP contribution in [0.15, 0.2) is 18.2 Å². The molecule has 0 radical (unpaired) electrons. The van der Waals surface area contributed by atoms with E-state index in [1.807, 2.05) is 6.92 Å². The molecule has 1 heterocycles. The summed E-state index contributed by atoms with van der Waals surface area (Å²) in [5.74, 6) is -0.183. The molecule has 0 amide bonds. The molecular weight excluding hydrogens is 238 g/mol. The van der Waals surface area contributed by atoms with Crippen LogP contribution in [0, 0.1) is 11.6 Å². The number of nitrogen functional groups attached to an aromatic ring is 1. The summed E-state index contributed by atoms with van der Waals surface area (Å²) >= 11 is 0. The van der Waals surface area contributed by atoms with E-state index in [0.29, 0.717) is 23.6 Å². The van der Waals surface area contributed by atoms with Gasteiger partial charge >= 0.3 is 0 Å². The highest BCUT2D eigenvalue weighted by molar-refractivity contribution is 5.24. The van der Waals surface area contributed by atoms with Crippen LogP contribution >= 0.6 is 0 Å². The Morgan fingerprint density at radius 3 is 2.50 bits per heavy atom. The summed E-state index contributed by atoms with van der Waals surface area (Å²) in [7, 11) is 0. The Bertz CT molecular complexity index is 572. The number of aromatic nitrogens is 3. The molecule has 1 aromatic carbocycles. The average Bonchev–Trinajstić information content (AvgIpc) is 2.32. The summed E-state index contributed by atoms with van der Waals surface area (Å²) in [5.41, 5.74) is 5.86. The van der Waals surface area contributed by atoms with Crippen molar-refractivity contribution in [3.05, 3.63) is 47.0 Å². The molecule has 0 spiro atoms. The van der Waals surface area contributed by atoms with Gasteiger partial charge in [-0.05, 0) is 11.6 Å². The normalized spacial score (nSPS) is 10.6. The maximum absolute atomic E-state index is 13.5. The minimum absolute atomic E-state index is 0.111. The SMILES string of the molecule is CCc1nc(N)nc(Cc2ccc(F)cc2F)n1. The predicted molar refractivity (Wildman–Crippen MR) is 62.8 cm³/mol.